The Balaban J connectivity index is 1.12. The standard InChI is InChI=1S/C32H41F2N7O2/c1-39-21-9-6-10-22(39)14-19(13-21)36-29(42)23-15-25(34)26(16-24(23)33)37-31-35-17-27-28(38-31)41(20-7-4-3-5-8-20)18-32(11-12-32)30(43)40(27)2/h15-17,19-22H,3-14,18H2,1-2H3,(H,36,42)(H,35,37,38)/t19?,21-,22+. The van der Waals surface area contributed by atoms with Crippen LogP contribution in [0.15, 0.2) is 18.3 Å². The minimum atomic E-state index is -0.811. The molecule has 4 heterocycles. The van der Waals surface area contributed by atoms with Crippen LogP contribution in [0.3, 0.4) is 0 Å². The fourth-order valence-electron chi connectivity index (χ4n) is 7.96. The molecule has 1 aromatic heterocycles. The number of fused-ring (bicyclic) bond motifs is 3. The zero-order valence-electron chi connectivity index (χ0n) is 25.0. The van der Waals surface area contributed by atoms with E-state index >= 15 is 8.78 Å². The summed E-state index contributed by atoms with van der Waals surface area (Å²) in [5, 5.41) is 5.81. The Morgan fingerprint density at radius 2 is 1.65 bits per heavy atom. The molecule has 7 rings (SSSR count). The van der Waals surface area contributed by atoms with Gasteiger partial charge in [0.2, 0.25) is 11.9 Å². The van der Waals surface area contributed by atoms with Crippen LogP contribution >= 0.6 is 0 Å². The molecule has 4 fully saturated rings. The summed E-state index contributed by atoms with van der Waals surface area (Å²) in [5.74, 6) is -1.33. The van der Waals surface area contributed by atoms with Crippen molar-refractivity contribution < 1.29 is 18.4 Å². The van der Waals surface area contributed by atoms with Crippen molar-refractivity contribution in [3.05, 3.63) is 35.5 Å². The van der Waals surface area contributed by atoms with Gasteiger partial charge in [-0.15, -0.1) is 0 Å². The Kier molecular flexibility index (Phi) is 7.26. The van der Waals surface area contributed by atoms with E-state index in [1.54, 1.807) is 18.1 Å². The van der Waals surface area contributed by atoms with Gasteiger partial charge in [0.1, 0.15) is 17.3 Å². The van der Waals surface area contributed by atoms with Crippen LogP contribution in [0.2, 0.25) is 0 Å². The molecule has 1 unspecified atom stereocenters. The molecule has 0 radical (unpaired) electrons. The molecule has 1 spiro atoms. The van der Waals surface area contributed by atoms with E-state index in [-0.39, 0.29) is 35.2 Å². The third kappa shape index (κ3) is 5.23. The molecule has 2 bridgehead atoms. The molecular weight excluding hydrogens is 552 g/mol. The minimum Gasteiger partial charge on any atom is -0.351 e. The Labute approximate surface area is 251 Å². The molecule has 2 saturated heterocycles. The minimum absolute atomic E-state index is 0.0564. The Hall–Kier alpha value is -3.34. The maximum Gasteiger partial charge on any atom is 0.254 e. The number of piperidine rings is 2. The monoisotopic (exact) mass is 593 g/mol. The highest BCUT2D eigenvalue weighted by Crippen LogP contribution is 2.52. The average Bonchev–Trinajstić information content (AvgIpc) is 3.79. The molecule has 2 saturated carbocycles. The molecule has 3 atom stereocenters. The summed E-state index contributed by atoms with van der Waals surface area (Å²) < 4.78 is 30.6. The van der Waals surface area contributed by atoms with Crippen molar-refractivity contribution in [1.82, 2.24) is 20.2 Å². The van der Waals surface area contributed by atoms with Crippen LogP contribution < -0.4 is 20.4 Å². The molecule has 9 nitrogen and oxygen atoms in total. The normalized spacial score (nSPS) is 27.1. The van der Waals surface area contributed by atoms with Crippen molar-refractivity contribution in [3.63, 3.8) is 0 Å². The quantitative estimate of drug-likeness (QED) is 0.496. The number of benzene rings is 1. The first-order valence-corrected chi connectivity index (χ1v) is 15.9. The second kappa shape index (κ2) is 11.0. The number of aromatic nitrogens is 2. The second-order valence-corrected chi connectivity index (χ2v) is 13.4. The van der Waals surface area contributed by atoms with Crippen LogP contribution in [0.5, 0.6) is 0 Å². The maximum absolute atomic E-state index is 15.4. The summed E-state index contributed by atoms with van der Waals surface area (Å²) in [6.45, 7) is 0.607. The molecular formula is C32H41F2N7O2. The zero-order valence-corrected chi connectivity index (χ0v) is 25.0. The van der Waals surface area contributed by atoms with Crippen LogP contribution in [0.4, 0.5) is 31.9 Å². The van der Waals surface area contributed by atoms with Crippen molar-refractivity contribution in [2.75, 3.05) is 35.8 Å². The summed E-state index contributed by atoms with van der Waals surface area (Å²) in [6, 6.07) is 2.98. The number of carbonyl (C=O) groups is 2. The second-order valence-electron chi connectivity index (χ2n) is 13.4. The lowest BCUT2D eigenvalue weighted by Gasteiger charge is -2.47. The fourth-order valence-corrected chi connectivity index (χ4v) is 7.96. The Morgan fingerprint density at radius 3 is 2.35 bits per heavy atom. The number of halogens is 2. The fraction of sp³-hybridized carbons (Fsp3) is 0.625. The van der Waals surface area contributed by atoms with Crippen molar-refractivity contribution in [3.8, 4) is 0 Å². The third-order valence-corrected chi connectivity index (χ3v) is 10.7. The molecule has 11 heteroatoms. The number of nitrogens with zero attached hydrogens (tertiary/aromatic N) is 5. The molecule has 2 N–H and O–H groups in total. The van der Waals surface area contributed by atoms with Gasteiger partial charge in [0.05, 0.1) is 22.9 Å². The van der Waals surface area contributed by atoms with E-state index in [0.29, 0.717) is 30.1 Å². The van der Waals surface area contributed by atoms with Crippen LogP contribution in [0, 0.1) is 17.0 Å². The summed E-state index contributed by atoms with van der Waals surface area (Å²) in [6.07, 6.45) is 13.9. The van der Waals surface area contributed by atoms with E-state index in [4.69, 9.17) is 4.98 Å². The number of rotatable bonds is 5. The largest absolute Gasteiger partial charge is 0.351 e. The van der Waals surface area contributed by atoms with Crippen LogP contribution in [-0.2, 0) is 4.79 Å². The Morgan fingerprint density at radius 1 is 0.953 bits per heavy atom. The molecule has 2 aliphatic carbocycles. The lowest BCUT2D eigenvalue weighted by Crippen LogP contribution is -2.55. The highest BCUT2D eigenvalue weighted by molar-refractivity contribution is 6.02. The lowest BCUT2D eigenvalue weighted by molar-refractivity contribution is -0.123. The SMILES string of the molecule is CN1C(=O)C2(CC2)CN(C2CCCCC2)c2nc(Nc3cc(F)c(C(=O)NC4C[C@H]5CCC[C@@H](C4)N5C)cc3F)ncc21. The zero-order chi connectivity index (χ0) is 29.9. The van der Waals surface area contributed by atoms with Crippen molar-refractivity contribution in [2.45, 2.75) is 101 Å². The Bertz CT molecular complexity index is 1410. The summed E-state index contributed by atoms with van der Waals surface area (Å²) >= 11 is 0. The van der Waals surface area contributed by atoms with Crippen molar-refractivity contribution in [1.29, 1.82) is 0 Å². The molecule has 230 valence electrons. The van der Waals surface area contributed by atoms with Gasteiger partial charge in [-0.3, -0.25) is 9.59 Å². The van der Waals surface area contributed by atoms with Gasteiger partial charge in [-0.1, -0.05) is 25.7 Å². The van der Waals surface area contributed by atoms with Crippen LogP contribution in [0.1, 0.15) is 87.4 Å². The lowest BCUT2D eigenvalue weighted by atomic mass is 9.82. The average molecular weight is 594 g/mol. The maximum atomic E-state index is 15.4. The van der Waals surface area contributed by atoms with E-state index < -0.39 is 23.0 Å². The molecule has 2 aromatic rings. The van der Waals surface area contributed by atoms with E-state index in [2.05, 4.69) is 32.5 Å². The van der Waals surface area contributed by atoms with Gasteiger partial charge < -0.3 is 25.3 Å². The molecule has 43 heavy (non-hydrogen) atoms. The summed E-state index contributed by atoms with van der Waals surface area (Å²) in [4.78, 5) is 41.9. The highest BCUT2D eigenvalue weighted by atomic mass is 19.1. The van der Waals surface area contributed by atoms with E-state index in [0.717, 1.165) is 76.3 Å². The third-order valence-electron chi connectivity index (χ3n) is 10.7. The first-order chi connectivity index (χ1) is 20.7. The van der Waals surface area contributed by atoms with Gasteiger partial charge in [0, 0.05) is 43.8 Å². The van der Waals surface area contributed by atoms with E-state index in [1.165, 1.54) is 12.8 Å². The smallest absolute Gasteiger partial charge is 0.254 e. The summed E-state index contributed by atoms with van der Waals surface area (Å²) in [5.41, 5.74) is -0.225. The van der Waals surface area contributed by atoms with E-state index in [9.17, 15) is 9.59 Å². The van der Waals surface area contributed by atoms with Gasteiger partial charge in [-0.25, -0.2) is 13.8 Å². The first-order valence-electron chi connectivity index (χ1n) is 15.9. The van der Waals surface area contributed by atoms with Gasteiger partial charge in [-0.05, 0) is 64.5 Å². The van der Waals surface area contributed by atoms with Gasteiger partial charge in [-0.2, -0.15) is 4.98 Å². The molecule has 1 aromatic carbocycles. The number of anilines is 4. The van der Waals surface area contributed by atoms with E-state index in [1.807, 2.05) is 0 Å². The van der Waals surface area contributed by atoms with Crippen molar-refractivity contribution >= 4 is 35.0 Å². The molecule has 2 amide bonds. The predicted octanol–water partition coefficient (Wildman–Crippen LogP) is 5.14. The van der Waals surface area contributed by atoms with Crippen molar-refractivity contribution in [2.24, 2.45) is 5.41 Å². The number of carbonyl (C=O) groups excluding carboxylic acids is 2. The van der Waals surface area contributed by atoms with Gasteiger partial charge in [0.25, 0.3) is 5.91 Å². The predicted molar refractivity (Wildman–Crippen MR) is 161 cm³/mol. The van der Waals surface area contributed by atoms with Crippen LogP contribution in [0.25, 0.3) is 0 Å². The summed E-state index contributed by atoms with van der Waals surface area (Å²) in [7, 11) is 3.90. The number of hydrogen-bond acceptors (Lipinski definition) is 7. The van der Waals surface area contributed by atoms with Crippen LogP contribution in [-0.4, -0.2) is 71.5 Å². The van der Waals surface area contributed by atoms with Gasteiger partial charge in [0.15, 0.2) is 5.82 Å². The topological polar surface area (TPSA) is 93.7 Å². The number of amides is 2. The molecule has 5 aliphatic rings. The van der Waals surface area contributed by atoms with Gasteiger partial charge >= 0.3 is 0 Å². The number of nitrogens with one attached hydrogen (secondary N) is 2. The molecule has 3 aliphatic heterocycles. The number of hydrogen-bond donors (Lipinski definition) is 2. The highest BCUT2D eigenvalue weighted by Gasteiger charge is 2.55. The first kappa shape index (κ1) is 28.4.